The zero-order valence-corrected chi connectivity index (χ0v) is 18.6. The molecule has 0 aromatic heterocycles. The van der Waals surface area contributed by atoms with Crippen molar-refractivity contribution in [3.8, 4) is 5.75 Å². The first kappa shape index (κ1) is 19.9. The van der Waals surface area contributed by atoms with Crippen LogP contribution in [0.15, 0.2) is 84.9 Å². The Morgan fingerprint density at radius 3 is 1.88 bits per heavy atom. The fourth-order valence-corrected chi connectivity index (χ4v) is 5.47. The van der Waals surface area contributed by atoms with E-state index in [1.54, 1.807) is 0 Å². The van der Waals surface area contributed by atoms with E-state index >= 15 is 0 Å². The van der Waals surface area contributed by atoms with E-state index in [0.29, 0.717) is 6.04 Å². The molecule has 0 amide bonds. The predicted octanol–water partition coefficient (Wildman–Crippen LogP) is 5.61. The van der Waals surface area contributed by atoms with Crippen molar-refractivity contribution >= 4 is 5.69 Å². The molecule has 3 aromatic carbocycles. The normalized spacial score (nSPS) is 23.9. The van der Waals surface area contributed by atoms with Gasteiger partial charge < -0.3 is 9.64 Å². The van der Waals surface area contributed by atoms with E-state index in [1.165, 1.54) is 29.7 Å². The summed E-state index contributed by atoms with van der Waals surface area (Å²) in [4.78, 5) is 5.28. The van der Waals surface area contributed by atoms with Gasteiger partial charge in [0.1, 0.15) is 5.75 Å². The summed E-state index contributed by atoms with van der Waals surface area (Å²) in [5, 5.41) is 0. The Balaban J connectivity index is 1.15. The second-order valence-corrected chi connectivity index (χ2v) is 9.82. The van der Waals surface area contributed by atoms with Crippen LogP contribution in [0.1, 0.15) is 24.0 Å². The van der Waals surface area contributed by atoms with E-state index < -0.39 is 0 Å². The Bertz CT molecular complexity index is 980. The topological polar surface area (TPSA) is 15.7 Å². The lowest BCUT2D eigenvalue weighted by Crippen LogP contribution is -2.34. The van der Waals surface area contributed by atoms with Crippen LogP contribution in [0.2, 0.25) is 0 Å². The molecule has 3 aromatic rings. The van der Waals surface area contributed by atoms with Gasteiger partial charge in [0, 0.05) is 32.2 Å². The molecule has 6 rings (SSSR count). The number of piperidine rings is 1. The zero-order chi connectivity index (χ0) is 21.3. The number of anilines is 1. The molecule has 0 N–H and O–H groups in total. The molecular formula is C29H32N2O. The minimum atomic E-state index is 0.672. The van der Waals surface area contributed by atoms with Crippen molar-refractivity contribution in [3.63, 3.8) is 0 Å². The number of nitrogens with zero attached hydrogens (tertiary/aromatic N) is 2. The molecule has 0 spiro atoms. The molecule has 3 aliphatic rings. The minimum absolute atomic E-state index is 0.672. The lowest BCUT2D eigenvalue weighted by Gasteiger charge is -2.29. The average Bonchev–Trinajstić information content (AvgIpc) is 3.75. The van der Waals surface area contributed by atoms with Crippen LogP contribution in [-0.2, 0) is 13.1 Å². The number of rotatable bonds is 9. The second kappa shape index (κ2) is 8.63. The molecule has 3 fully saturated rings. The Hall–Kier alpha value is -2.78. The van der Waals surface area contributed by atoms with Gasteiger partial charge in [0.25, 0.3) is 0 Å². The highest BCUT2D eigenvalue weighted by Gasteiger charge is 2.58. The van der Waals surface area contributed by atoms with Crippen LogP contribution in [0.5, 0.6) is 5.75 Å². The summed E-state index contributed by atoms with van der Waals surface area (Å²) in [6, 6.07) is 31.2. The van der Waals surface area contributed by atoms with Crippen molar-refractivity contribution in [1.82, 2.24) is 4.90 Å². The van der Waals surface area contributed by atoms with Gasteiger partial charge in [0.05, 0.1) is 12.3 Å². The van der Waals surface area contributed by atoms with Crippen molar-refractivity contribution in [3.05, 3.63) is 96.1 Å². The summed E-state index contributed by atoms with van der Waals surface area (Å²) in [6.45, 7) is 5.20. The van der Waals surface area contributed by atoms with Crippen LogP contribution in [0.25, 0.3) is 0 Å². The lowest BCUT2D eigenvalue weighted by molar-refractivity contribution is 0.221. The summed E-state index contributed by atoms with van der Waals surface area (Å²) >= 11 is 0. The molecule has 3 nitrogen and oxygen atoms in total. The highest BCUT2D eigenvalue weighted by atomic mass is 16.5. The van der Waals surface area contributed by atoms with E-state index in [1.807, 2.05) is 0 Å². The molecule has 1 heterocycles. The maximum atomic E-state index is 6.20. The third-order valence-corrected chi connectivity index (χ3v) is 7.40. The third kappa shape index (κ3) is 4.27. The molecule has 2 aliphatic carbocycles. The number of fused-ring (bicyclic) bond motifs is 1. The molecule has 164 valence electrons. The van der Waals surface area contributed by atoms with E-state index in [0.717, 1.165) is 56.3 Å². The van der Waals surface area contributed by atoms with Crippen LogP contribution in [0, 0.1) is 17.8 Å². The van der Waals surface area contributed by atoms with Gasteiger partial charge in [0.15, 0.2) is 0 Å². The zero-order valence-electron chi connectivity index (χ0n) is 18.6. The SMILES string of the molecule is c1ccc(CN(Cc2ccccc2)C2C3CN(c4ccccc4OCC4CC4)C[C@@H]32)cc1. The van der Waals surface area contributed by atoms with Crippen molar-refractivity contribution in [1.29, 1.82) is 0 Å². The quantitative estimate of drug-likeness (QED) is 0.444. The number of benzene rings is 3. The molecule has 0 radical (unpaired) electrons. The lowest BCUT2D eigenvalue weighted by atomic mass is 10.1. The Morgan fingerprint density at radius 2 is 1.28 bits per heavy atom. The number of ether oxygens (including phenoxy) is 1. The van der Waals surface area contributed by atoms with Crippen LogP contribution in [0.4, 0.5) is 5.69 Å². The summed E-state index contributed by atoms with van der Waals surface area (Å²) in [5.41, 5.74) is 4.10. The molecule has 3 heteroatoms. The smallest absolute Gasteiger partial charge is 0.142 e. The molecule has 2 unspecified atom stereocenters. The van der Waals surface area contributed by atoms with Gasteiger partial charge in [-0.15, -0.1) is 0 Å². The first-order chi connectivity index (χ1) is 15.8. The fraction of sp³-hybridized carbons (Fsp3) is 0.379. The van der Waals surface area contributed by atoms with Gasteiger partial charge in [-0.3, -0.25) is 4.90 Å². The Labute approximate surface area is 191 Å². The molecule has 2 saturated carbocycles. The molecule has 1 saturated heterocycles. The van der Waals surface area contributed by atoms with Gasteiger partial charge in [-0.2, -0.15) is 0 Å². The van der Waals surface area contributed by atoms with E-state index in [9.17, 15) is 0 Å². The summed E-state index contributed by atoms with van der Waals surface area (Å²) in [7, 11) is 0. The van der Waals surface area contributed by atoms with Crippen molar-refractivity contribution in [2.75, 3.05) is 24.6 Å². The first-order valence-electron chi connectivity index (χ1n) is 12.1. The molecular weight excluding hydrogens is 392 g/mol. The monoisotopic (exact) mass is 424 g/mol. The van der Waals surface area contributed by atoms with E-state index in [2.05, 4.69) is 94.7 Å². The fourth-order valence-electron chi connectivity index (χ4n) is 5.47. The minimum Gasteiger partial charge on any atom is -0.491 e. The molecule has 1 aliphatic heterocycles. The molecule has 32 heavy (non-hydrogen) atoms. The van der Waals surface area contributed by atoms with E-state index in [4.69, 9.17) is 4.74 Å². The van der Waals surface area contributed by atoms with Crippen LogP contribution in [-0.4, -0.2) is 30.6 Å². The number of para-hydroxylation sites is 2. The third-order valence-electron chi connectivity index (χ3n) is 7.40. The summed E-state index contributed by atoms with van der Waals surface area (Å²) in [5.74, 6) is 3.35. The average molecular weight is 425 g/mol. The maximum Gasteiger partial charge on any atom is 0.142 e. The van der Waals surface area contributed by atoms with Gasteiger partial charge in [-0.1, -0.05) is 72.8 Å². The van der Waals surface area contributed by atoms with Gasteiger partial charge in [0.2, 0.25) is 0 Å². The van der Waals surface area contributed by atoms with E-state index in [-0.39, 0.29) is 0 Å². The Morgan fingerprint density at radius 1 is 0.719 bits per heavy atom. The number of hydrogen-bond donors (Lipinski definition) is 0. The first-order valence-corrected chi connectivity index (χ1v) is 12.1. The van der Waals surface area contributed by atoms with Gasteiger partial charge >= 0.3 is 0 Å². The highest BCUT2D eigenvalue weighted by Crippen LogP contribution is 2.51. The predicted molar refractivity (Wildman–Crippen MR) is 130 cm³/mol. The standard InChI is InChI=1S/C29H32N2O/c1-3-9-22(10-4-1)17-31(18-23-11-5-2-6-12-23)29-25-19-30(20-26(25)29)27-13-7-8-14-28(27)32-21-24-15-16-24/h1-14,24-26,29H,15-21H2/t25-,26?,29?/m0/s1. The Kier molecular flexibility index (Phi) is 5.36. The van der Waals surface area contributed by atoms with Gasteiger partial charge in [-0.25, -0.2) is 0 Å². The van der Waals surface area contributed by atoms with Crippen molar-refractivity contribution in [2.24, 2.45) is 17.8 Å². The van der Waals surface area contributed by atoms with Crippen LogP contribution < -0.4 is 9.64 Å². The highest BCUT2D eigenvalue weighted by molar-refractivity contribution is 5.60. The summed E-state index contributed by atoms with van der Waals surface area (Å²) < 4.78 is 6.20. The largest absolute Gasteiger partial charge is 0.491 e. The molecule has 3 atom stereocenters. The maximum absolute atomic E-state index is 6.20. The molecule has 0 bridgehead atoms. The summed E-state index contributed by atoms with van der Waals surface area (Å²) in [6.07, 6.45) is 2.66. The van der Waals surface area contributed by atoms with Gasteiger partial charge in [-0.05, 0) is 53.9 Å². The van der Waals surface area contributed by atoms with Crippen LogP contribution >= 0.6 is 0 Å². The van der Waals surface area contributed by atoms with Crippen molar-refractivity contribution in [2.45, 2.75) is 32.0 Å². The second-order valence-electron chi connectivity index (χ2n) is 9.82. The van der Waals surface area contributed by atoms with Crippen LogP contribution in [0.3, 0.4) is 0 Å². The number of hydrogen-bond acceptors (Lipinski definition) is 3. The van der Waals surface area contributed by atoms with Crippen molar-refractivity contribution < 1.29 is 4.74 Å².